The molecule has 16 heavy (non-hydrogen) atoms. The van der Waals surface area contributed by atoms with Crippen LogP contribution in [0.3, 0.4) is 0 Å². The Bertz CT molecular complexity index is 494. The first-order chi connectivity index (χ1) is 7.56. The third kappa shape index (κ3) is 1.95. The first kappa shape index (κ1) is 12.4. The molecule has 82 valence electrons. The van der Waals surface area contributed by atoms with Crippen molar-refractivity contribution in [1.29, 1.82) is 10.5 Å². The van der Waals surface area contributed by atoms with Gasteiger partial charge in [-0.15, -0.1) is 11.8 Å². The lowest BCUT2D eigenvalue weighted by Crippen LogP contribution is -2.06. The number of anilines is 1. The Labute approximate surface area is 99.1 Å². The van der Waals surface area contributed by atoms with Crippen molar-refractivity contribution in [3.05, 3.63) is 16.7 Å². The van der Waals surface area contributed by atoms with Crippen LogP contribution in [-0.4, -0.2) is 11.2 Å². The fraction of sp³-hybridized carbons (Fsp3) is 0.364. The molecule has 0 amide bonds. The third-order valence-electron chi connectivity index (χ3n) is 2.22. The minimum absolute atomic E-state index is 0.0699. The van der Waals surface area contributed by atoms with Crippen LogP contribution in [0.15, 0.2) is 5.03 Å². The van der Waals surface area contributed by atoms with Gasteiger partial charge in [0.05, 0.1) is 11.1 Å². The van der Waals surface area contributed by atoms with Gasteiger partial charge in [0, 0.05) is 0 Å². The molecule has 0 radical (unpaired) electrons. The Balaban J connectivity index is 3.71. The summed E-state index contributed by atoms with van der Waals surface area (Å²) in [6.45, 7) is 3.86. The average molecular weight is 232 g/mol. The maximum absolute atomic E-state index is 9.14. The van der Waals surface area contributed by atoms with Crippen LogP contribution in [0.1, 0.15) is 36.5 Å². The largest absolute Gasteiger partial charge is 0.383 e. The molecule has 0 fully saturated rings. The van der Waals surface area contributed by atoms with Crippen LogP contribution in [0.2, 0.25) is 0 Å². The molecule has 1 heterocycles. The first-order valence-corrected chi connectivity index (χ1v) is 5.96. The highest BCUT2D eigenvalue weighted by Gasteiger charge is 2.20. The van der Waals surface area contributed by atoms with Gasteiger partial charge in [0.15, 0.2) is 0 Å². The summed E-state index contributed by atoms with van der Waals surface area (Å²) in [7, 11) is 0. The second-order valence-electron chi connectivity index (χ2n) is 3.55. The van der Waals surface area contributed by atoms with Gasteiger partial charge >= 0.3 is 0 Å². The van der Waals surface area contributed by atoms with Crippen LogP contribution < -0.4 is 5.73 Å². The standard InChI is InChI=1S/C11H12N4S/c1-6(2)9-7(4-12)10(14)15-11(16-3)8(9)5-13/h6H,1-3H3,(H2,14,15). The van der Waals surface area contributed by atoms with Gasteiger partial charge in [-0.05, 0) is 17.7 Å². The molecule has 0 aliphatic carbocycles. The molecule has 0 bridgehead atoms. The highest BCUT2D eigenvalue weighted by Crippen LogP contribution is 2.31. The number of hydrogen-bond donors (Lipinski definition) is 1. The van der Waals surface area contributed by atoms with Gasteiger partial charge in [-0.1, -0.05) is 13.8 Å². The third-order valence-corrected chi connectivity index (χ3v) is 2.91. The summed E-state index contributed by atoms with van der Waals surface area (Å²) in [5, 5.41) is 18.8. The van der Waals surface area contributed by atoms with Gasteiger partial charge in [0.1, 0.15) is 23.0 Å². The molecule has 0 aromatic carbocycles. The topological polar surface area (TPSA) is 86.5 Å². The van der Waals surface area contributed by atoms with Gasteiger partial charge < -0.3 is 5.73 Å². The summed E-state index contributed by atoms with van der Waals surface area (Å²) in [6, 6.07) is 4.13. The van der Waals surface area contributed by atoms with Gasteiger partial charge in [0.25, 0.3) is 0 Å². The number of nitrogen functional groups attached to an aromatic ring is 1. The minimum Gasteiger partial charge on any atom is -0.383 e. The normalized spacial score (nSPS) is 9.88. The molecule has 0 unspecified atom stereocenters. The molecule has 0 aliphatic heterocycles. The predicted octanol–water partition coefficient (Wildman–Crippen LogP) is 2.25. The van der Waals surface area contributed by atoms with Crippen LogP contribution in [0.5, 0.6) is 0 Å². The Hall–Kier alpha value is -1.72. The number of rotatable bonds is 2. The van der Waals surface area contributed by atoms with Crippen molar-refractivity contribution < 1.29 is 0 Å². The van der Waals surface area contributed by atoms with Crippen LogP contribution in [0.4, 0.5) is 5.82 Å². The monoisotopic (exact) mass is 232 g/mol. The van der Waals surface area contributed by atoms with Crippen molar-refractivity contribution in [2.24, 2.45) is 0 Å². The van der Waals surface area contributed by atoms with Gasteiger partial charge in [-0.2, -0.15) is 10.5 Å². The molecule has 2 N–H and O–H groups in total. The number of pyridine rings is 1. The van der Waals surface area contributed by atoms with E-state index in [0.717, 1.165) is 0 Å². The zero-order chi connectivity index (χ0) is 12.3. The lowest BCUT2D eigenvalue weighted by Gasteiger charge is -2.13. The number of thioether (sulfide) groups is 1. The van der Waals surface area contributed by atoms with E-state index < -0.39 is 0 Å². The summed E-state index contributed by atoms with van der Waals surface area (Å²) in [5.74, 6) is 0.273. The summed E-state index contributed by atoms with van der Waals surface area (Å²) in [6.07, 6.45) is 1.83. The highest BCUT2D eigenvalue weighted by atomic mass is 32.2. The van der Waals surface area contributed by atoms with Crippen molar-refractivity contribution in [2.75, 3.05) is 12.0 Å². The Morgan fingerprint density at radius 3 is 2.19 bits per heavy atom. The minimum atomic E-state index is 0.0699. The van der Waals surface area contributed by atoms with Crippen LogP contribution in [0.25, 0.3) is 0 Å². The lowest BCUT2D eigenvalue weighted by molar-refractivity contribution is 0.843. The van der Waals surface area contributed by atoms with E-state index in [2.05, 4.69) is 11.1 Å². The van der Waals surface area contributed by atoms with E-state index in [0.29, 0.717) is 21.7 Å². The van der Waals surface area contributed by atoms with Crippen LogP contribution in [0, 0.1) is 22.7 Å². The first-order valence-electron chi connectivity index (χ1n) is 4.74. The molecular formula is C11H12N4S. The summed E-state index contributed by atoms with van der Waals surface area (Å²) in [5.41, 5.74) is 7.20. The summed E-state index contributed by atoms with van der Waals surface area (Å²) < 4.78 is 0. The van der Waals surface area contributed by atoms with Crippen LogP contribution in [-0.2, 0) is 0 Å². The number of nitrogens with two attached hydrogens (primary N) is 1. The van der Waals surface area contributed by atoms with Crippen molar-refractivity contribution in [3.63, 3.8) is 0 Å². The van der Waals surface area contributed by atoms with Crippen LogP contribution >= 0.6 is 11.8 Å². The number of nitrogens with zero attached hydrogens (tertiary/aromatic N) is 3. The van der Waals surface area contributed by atoms with Crippen molar-refractivity contribution in [3.8, 4) is 12.1 Å². The van der Waals surface area contributed by atoms with Crippen molar-refractivity contribution in [1.82, 2.24) is 4.98 Å². The predicted molar refractivity (Wildman–Crippen MR) is 63.9 cm³/mol. The maximum atomic E-state index is 9.14. The fourth-order valence-corrected chi connectivity index (χ4v) is 2.10. The lowest BCUT2D eigenvalue weighted by atomic mass is 9.94. The fourth-order valence-electron chi connectivity index (χ4n) is 1.55. The quantitative estimate of drug-likeness (QED) is 0.790. The molecular weight excluding hydrogens is 220 g/mol. The molecule has 0 spiro atoms. The van der Waals surface area contributed by atoms with E-state index in [1.807, 2.05) is 26.2 Å². The summed E-state index contributed by atoms with van der Waals surface area (Å²) >= 11 is 1.36. The number of nitriles is 2. The second-order valence-corrected chi connectivity index (χ2v) is 4.34. The van der Waals surface area contributed by atoms with E-state index >= 15 is 0 Å². The van der Waals surface area contributed by atoms with E-state index in [4.69, 9.17) is 16.3 Å². The number of aromatic nitrogens is 1. The van der Waals surface area contributed by atoms with Gasteiger partial charge in [-0.25, -0.2) is 4.98 Å². The molecule has 0 saturated carbocycles. The average Bonchev–Trinajstić information content (AvgIpc) is 2.27. The molecule has 4 nitrogen and oxygen atoms in total. The Morgan fingerprint density at radius 1 is 1.25 bits per heavy atom. The zero-order valence-electron chi connectivity index (χ0n) is 9.40. The smallest absolute Gasteiger partial charge is 0.143 e. The van der Waals surface area contributed by atoms with E-state index in [9.17, 15) is 0 Å². The molecule has 0 saturated heterocycles. The Morgan fingerprint density at radius 2 is 1.81 bits per heavy atom. The molecule has 1 rings (SSSR count). The molecule has 0 aliphatic rings. The maximum Gasteiger partial charge on any atom is 0.143 e. The summed E-state index contributed by atoms with van der Waals surface area (Å²) in [4.78, 5) is 4.07. The zero-order valence-corrected chi connectivity index (χ0v) is 10.2. The van der Waals surface area contributed by atoms with Gasteiger partial charge in [-0.3, -0.25) is 0 Å². The molecule has 0 atom stereocenters. The number of hydrogen-bond acceptors (Lipinski definition) is 5. The van der Waals surface area contributed by atoms with E-state index in [-0.39, 0.29) is 11.7 Å². The molecule has 1 aromatic heterocycles. The molecule has 5 heteroatoms. The second kappa shape index (κ2) is 4.87. The SMILES string of the molecule is CSc1nc(N)c(C#N)c(C(C)C)c1C#N. The highest BCUT2D eigenvalue weighted by molar-refractivity contribution is 7.98. The molecule has 1 aromatic rings. The Kier molecular flexibility index (Phi) is 3.76. The van der Waals surface area contributed by atoms with Gasteiger partial charge in [0.2, 0.25) is 0 Å². The van der Waals surface area contributed by atoms with Crippen molar-refractivity contribution >= 4 is 17.6 Å². The van der Waals surface area contributed by atoms with E-state index in [1.165, 1.54) is 11.8 Å². The van der Waals surface area contributed by atoms with E-state index in [1.54, 1.807) is 0 Å². The van der Waals surface area contributed by atoms with Crippen molar-refractivity contribution in [2.45, 2.75) is 24.8 Å².